The molecule has 0 bridgehead atoms. The predicted molar refractivity (Wildman–Crippen MR) is 92.4 cm³/mol. The van der Waals surface area contributed by atoms with Crippen molar-refractivity contribution in [3.63, 3.8) is 0 Å². The Labute approximate surface area is 139 Å². The molecule has 0 saturated heterocycles. The van der Waals surface area contributed by atoms with Gasteiger partial charge in [0.05, 0.1) is 5.56 Å². The van der Waals surface area contributed by atoms with Gasteiger partial charge in [0.1, 0.15) is 5.69 Å². The van der Waals surface area contributed by atoms with E-state index in [-0.39, 0.29) is 0 Å². The molecule has 23 heavy (non-hydrogen) atoms. The molecule has 1 radical (unpaired) electrons. The zero-order valence-corrected chi connectivity index (χ0v) is 13.0. The zero-order chi connectivity index (χ0) is 16.4. The average Bonchev–Trinajstić information content (AvgIpc) is 2.55. The highest BCUT2D eigenvalue weighted by Crippen LogP contribution is 2.34. The van der Waals surface area contributed by atoms with Gasteiger partial charge in [-0.15, -0.1) is 0 Å². The van der Waals surface area contributed by atoms with E-state index in [1.807, 2.05) is 30.3 Å². The van der Waals surface area contributed by atoms with Gasteiger partial charge in [-0.05, 0) is 23.3 Å². The normalized spacial score (nSPS) is 10.7. The maximum atomic E-state index is 12.3. The fraction of sp³-hybridized carbons (Fsp3) is 0.0556. The fourth-order valence-electron chi connectivity index (χ4n) is 2.60. The van der Waals surface area contributed by atoms with Crippen LogP contribution in [-0.4, -0.2) is 0 Å². The Kier molecular flexibility index (Phi) is 4.19. The summed E-state index contributed by atoms with van der Waals surface area (Å²) in [5.74, 6) is 0. The minimum absolute atomic E-state index is 0.325. The molecule has 0 fully saturated rings. The molecule has 0 unspecified atom stereocenters. The van der Waals surface area contributed by atoms with E-state index in [0.717, 1.165) is 27.0 Å². The molecule has 5 heteroatoms. The summed E-state index contributed by atoms with van der Waals surface area (Å²) in [5, 5.41) is 12.8. The third kappa shape index (κ3) is 2.86. The lowest BCUT2D eigenvalue weighted by molar-refractivity contribution is -0.592. The topological polar surface area (TPSA) is 79.0 Å². The second kappa shape index (κ2) is 6.28. The first-order chi connectivity index (χ1) is 11.1. The second-order valence-electron chi connectivity index (χ2n) is 5.10. The molecule has 4 N–H and O–H groups in total. The summed E-state index contributed by atoms with van der Waals surface area (Å²) in [6, 6.07) is 17.4. The van der Waals surface area contributed by atoms with Gasteiger partial charge >= 0.3 is 0 Å². The second-order valence-corrected chi connectivity index (χ2v) is 5.51. The predicted octanol–water partition coefficient (Wildman–Crippen LogP) is 3.15. The van der Waals surface area contributed by atoms with Crippen molar-refractivity contribution in [3.8, 4) is 22.4 Å². The third-order valence-corrected chi connectivity index (χ3v) is 3.93. The number of rotatable bonds is 3. The number of benzene rings is 2. The fourth-order valence-corrected chi connectivity index (χ4v) is 2.78. The molecule has 0 saturated carbocycles. The van der Waals surface area contributed by atoms with Crippen molar-refractivity contribution in [1.29, 1.82) is 0 Å². The van der Waals surface area contributed by atoms with Gasteiger partial charge in [-0.2, -0.15) is 4.73 Å². The first kappa shape index (κ1) is 15.3. The maximum absolute atomic E-state index is 12.3. The summed E-state index contributed by atoms with van der Waals surface area (Å²) in [6.07, 6.45) is 1.44. The number of nitrogen functional groups attached to an aromatic ring is 1. The molecule has 0 spiro atoms. The van der Waals surface area contributed by atoms with Crippen molar-refractivity contribution in [2.24, 2.45) is 5.73 Å². The van der Waals surface area contributed by atoms with Gasteiger partial charge in [-0.1, -0.05) is 41.9 Å². The number of nitrogens with zero attached hydrogens (tertiary/aromatic N) is 1. The van der Waals surface area contributed by atoms with Gasteiger partial charge in [-0.25, -0.2) is 0 Å². The quantitative estimate of drug-likeness (QED) is 0.574. The van der Waals surface area contributed by atoms with E-state index in [9.17, 15) is 5.21 Å². The Morgan fingerprint density at radius 3 is 2.65 bits per heavy atom. The summed E-state index contributed by atoms with van der Waals surface area (Å²) in [6.45, 7) is 0.325. The molecule has 3 rings (SSSR count). The molecule has 0 aliphatic carbocycles. The summed E-state index contributed by atoms with van der Waals surface area (Å²) in [7, 11) is 0. The Balaban J connectivity index is 2.25. The number of halogens is 1. The van der Waals surface area contributed by atoms with E-state index >= 15 is 0 Å². The van der Waals surface area contributed by atoms with Crippen LogP contribution in [0.1, 0.15) is 5.56 Å². The van der Waals surface area contributed by atoms with Gasteiger partial charge in [-0.3, -0.25) is 0 Å². The Morgan fingerprint density at radius 1 is 1.13 bits per heavy atom. The highest BCUT2D eigenvalue weighted by Gasteiger charge is 2.20. The SMILES string of the molecule is NCc1ccccc1-c1c(N)c(-c2cc[c]c(Cl)c2)cc[n+]1[O-]. The highest BCUT2D eigenvalue weighted by atomic mass is 35.5. The van der Waals surface area contributed by atoms with Crippen LogP contribution in [0.25, 0.3) is 22.4 Å². The zero-order valence-electron chi connectivity index (χ0n) is 12.3. The van der Waals surface area contributed by atoms with Crippen molar-refractivity contribution in [3.05, 3.63) is 76.6 Å². The largest absolute Gasteiger partial charge is 0.618 e. The molecular weight excluding hydrogens is 310 g/mol. The van der Waals surface area contributed by atoms with Crippen LogP contribution in [0.2, 0.25) is 5.02 Å². The molecule has 1 aromatic heterocycles. The van der Waals surface area contributed by atoms with E-state index in [0.29, 0.717) is 22.9 Å². The van der Waals surface area contributed by atoms with Crippen LogP contribution in [0.5, 0.6) is 0 Å². The number of hydrogen-bond donors (Lipinski definition) is 2. The molecule has 1 heterocycles. The van der Waals surface area contributed by atoms with Crippen LogP contribution in [-0.2, 0) is 6.54 Å². The van der Waals surface area contributed by atoms with E-state index in [1.54, 1.807) is 18.2 Å². The van der Waals surface area contributed by atoms with Crippen LogP contribution in [0.15, 0.2) is 54.7 Å². The summed E-state index contributed by atoms with van der Waals surface area (Å²) in [4.78, 5) is 0. The molecule has 3 aromatic rings. The Hall–Kier alpha value is -2.56. The number of pyridine rings is 1. The molecular formula is C18H15ClN3O. The number of hydrogen-bond acceptors (Lipinski definition) is 3. The third-order valence-electron chi connectivity index (χ3n) is 3.71. The number of anilines is 1. The number of nitrogens with two attached hydrogens (primary N) is 2. The summed E-state index contributed by atoms with van der Waals surface area (Å²) in [5.41, 5.74) is 16.1. The first-order valence-electron chi connectivity index (χ1n) is 7.09. The Bertz CT molecular complexity index is 865. The molecule has 0 aliphatic rings. The lowest BCUT2D eigenvalue weighted by atomic mass is 9.98. The van der Waals surface area contributed by atoms with Crippen molar-refractivity contribution < 1.29 is 4.73 Å². The van der Waals surface area contributed by atoms with Crippen molar-refractivity contribution in [1.82, 2.24) is 0 Å². The van der Waals surface area contributed by atoms with Crippen LogP contribution in [0.3, 0.4) is 0 Å². The smallest absolute Gasteiger partial charge is 0.247 e. The molecule has 0 aliphatic heterocycles. The number of aromatic nitrogens is 1. The monoisotopic (exact) mass is 324 g/mol. The van der Waals surface area contributed by atoms with E-state index in [2.05, 4.69) is 6.07 Å². The minimum Gasteiger partial charge on any atom is -0.618 e. The van der Waals surface area contributed by atoms with E-state index < -0.39 is 0 Å². The molecule has 4 nitrogen and oxygen atoms in total. The van der Waals surface area contributed by atoms with Crippen molar-refractivity contribution in [2.75, 3.05) is 5.73 Å². The molecule has 0 amide bonds. The standard InChI is InChI=1S/C18H15ClN3O/c19-14-6-3-5-12(10-14)15-8-9-22(23)18(17(15)21)16-7-2-1-4-13(16)11-20/h1-5,7-10H,11,20-21H2. The summed E-state index contributed by atoms with van der Waals surface area (Å²) >= 11 is 6.00. The molecule has 2 aromatic carbocycles. The van der Waals surface area contributed by atoms with E-state index in [4.69, 9.17) is 23.1 Å². The van der Waals surface area contributed by atoms with Crippen LogP contribution < -0.4 is 16.2 Å². The average molecular weight is 325 g/mol. The van der Waals surface area contributed by atoms with Gasteiger partial charge in [0, 0.05) is 29.3 Å². The minimum atomic E-state index is 0.325. The molecule has 0 atom stereocenters. The lowest BCUT2D eigenvalue weighted by Crippen LogP contribution is -2.30. The maximum Gasteiger partial charge on any atom is 0.247 e. The molecule has 115 valence electrons. The first-order valence-corrected chi connectivity index (χ1v) is 7.47. The highest BCUT2D eigenvalue weighted by molar-refractivity contribution is 6.30. The van der Waals surface area contributed by atoms with Crippen LogP contribution in [0.4, 0.5) is 5.69 Å². The van der Waals surface area contributed by atoms with Crippen molar-refractivity contribution >= 4 is 17.3 Å². The summed E-state index contributed by atoms with van der Waals surface area (Å²) < 4.78 is 0.768. The lowest BCUT2D eigenvalue weighted by Gasteiger charge is -2.14. The van der Waals surface area contributed by atoms with Gasteiger partial charge < -0.3 is 16.7 Å². The van der Waals surface area contributed by atoms with Crippen LogP contribution >= 0.6 is 11.6 Å². The Morgan fingerprint density at radius 2 is 1.91 bits per heavy atom. The van der Waals surface area contributed by atoms with Gasteiger partial charge in [0.25, 0.3) is 0 Å². The van der Waals surface area contributed by atoms with Crippen LogP contribution in [0, 0.1) is 11.3 Å². The van der Waals surface area contributed by atoms with Crippen molar-refractivity contribution in [2.45, 2.75) is 6.54 Å². The van der Waals surface area contributed by atoms with E-state index in [1.165, 1.54) is 6.20 Å². The van der Waals surface area contributed by atoms with Gasteiger partial charge in [0.15, 0.2) is 6.20 Å². The van der Waals surface area contributed by atoms with Gasteiger partial charge in [0.2, 0.25) is 5.69 Å².